The van der Waals surface area contributed by atoms with Crippen molar-refractivity contribution in [3.8, 4) is 0 Å². The number of amides is 1. The number of alkyl halides is 3. The van der Waals surface area contributed by atoms with Crippen molar-refractivity contribution in [3.63, 3.8) is 0 Å². The third-order valence-corrected chi connectivity index (χ3v) is 5.21. The Kier molecular flexibility index (Phi) is 5.79. The second-order valence-corrected chi connectivity index (χ2v) is 7.74. The topological polar surface area (TPSA) is 107 Å². The number of aromatic nitrogens is 3. The van der Waals surface area contributed by atoms with E-state index in [1.807, 2.05) is 6.92 Å². The summed E-state index contributed by atoms with van der Waals surface area (Å²) in [7, 11) is 0. The van der Waals surface area contributed by atoms with E-state index in [2.05, 4.69) is 40.8 Å². The zero-order chi connectivity index (χ0) is 23.0. The highest BCUT2D eigenvalue weighted by Gasteiger charge is 2.53. The van der Waals surface area contributed by atoms with Gasteiger partial charge < -0.3 is 14.7 Å². The Balaban J connectivity index is 1.80. The third kappa shape index (κ3) is 3.89. The van der Waals surface area contributed by atoms with Crippen LogP contribution in [0.5, 0.6) is 0 Å². The van der Waals surface area contributed by atoms with E-state index in [0.717, 1.165) is 17.7 Å². The van der Waals surface area contributed by atoms with Gasteiger partial charge in [0.05, 0.1) is 0 Å². The minimum atomic E-state index is -5.24. The second-order valence-electron chi connectivity index (χ2n) is 6.99. The molecule has 32 heavy (non-hydrogen) atoms. The first-order chi connectivity index (χ1) is 15.2. The number of rotatable bonds is 6. The van der Waals surface area contributed by atoms with Crippen LogP contribution < -0.4 is 4.90 Å². The Labute approximate surface area is 188 Å². The Bertz CT molecular complexity index is 1060. The van der Waals surface area contributed by atoms with Gasteiger partial charge in [0.25, 0.3) is 5.91 Å². The number of carbonyl (C=O) groups excluding carboxylic acids is 2. The van der Waals surface area contributed by atoms with Crippen molar-refractivity contribution in [1.29, 1.82) is 0 Å². The van der Waals surface area contributed by atoms with Crippen LogP contribution in [0.25, 0.3) is 0 Å². The molecule has 0 bridgehead atoms. The molecule has 0 saturated carbocycles. The summed E-state index contributed by atoms with van der Waals surface area (Å²) in [5, 5.41) is 4.56. The highest BCUT2D eigenvalue weighted by Crippen LogP contribution is 2.37. The lowest BCUT2D eigenvalue weighted by molar-refractivity contribution is -0.249. The van der Waals surface area contributed by atoms with Crippen molar-refractivity contribution in [2.45, 2.75) is 38.7 Å². The molecule has 0 spiro atoms. The standard InChI is InChI=1S/C18H17BrF3N7O3/c1-2-3-4-9-27-13-11(24-16(19)25-13)14(30)28-12(10-5-7-23-8-6-10)26-29(17(27)28)32-15(31)18(20,21)22/h5-8,17H,2-4,9H2,1H3,(H,24,25). The third-order valence-electron chi connectivity index (χ3n) is 4.84. The zero-order valence-corrected chi connectivity index (χ0v) is 18.2. The maximum atomic E-state index is 13.3. The van der Waals surface area contributed by atoms with Crippen molar-refractivity contribution in [2.24, 2.45) is 5.10 Å². The summed E-state index contributed by atoms with van der Waals surface area (Å²) in [5.41, 5.74) is 0.537. The molecule has 0 aromatic carbocycles. The lowest BCUT2D eigenvalue weighted by Crippen LogP contribution is -2.60. The molecule has 0 radical (unpaired) electrons. The number of carbonyl (C=O) groups is 2. The highest BCUT2D eigenvalue weighted by molar-refractivity contribution is 9.10. The summed E-state index contributed by atoms with van der Waals surface area (Å²) in [6.45, 7) is 2.33. The molecule has 2 aliphatic heterocycles. The normalized spacial score (nSPS) is 17.9. The molecule has 0 aliphatic carbocycles. The number of hydrazone groups is 1. The average Bonchev–Trinajstić information content (AvgIpc) is 3.32. The SMILES string of the molecule is CCCCCN1c2nc(Br)[nH]c2C(=O)N2C(c3ccncc3)=NN(OC(=O)C(F)(F)F)C21. The van der Waals surface area contributed by atoms with Crippen molar-refractivity contribution in [1.82, 2.24) is 25.0 Å². The number of nitrogens with zero attached hydrogens (tertiary/aromatic N) is 6. The van der Waals surface area contributed by atoms with Crippen LogP contribution in [0.1, 0.15) is 42.2 Å². The number of unbranched alkanes of at least 4 members (excludes halogenated alkanes) is 2. The predicted octanol–water partition coefficient (Wildman–Crippen LogP) is 3.00. The van der Waals surface area contributed by atoms with Crippen LogP contribution in [0.4, 0.5) is 19.0 Å². The minimum absolute atomic E-state index is 0.00855. The largest absolute Gasteiger partial charge is 0.493 e. The van der Waals surface area contributed by atoms with Crippen molar-refractivity contribution in [2.75, 3.05) is 11.4 Å². The molecule has 0 fully saturated rings. The van der Waals surface area contributed by atoms with Gasteiger partial charge in [0.15, 0.2) is 16.4 Å². The fraction of sp³-hybridized carbons (Fsp3) is 0.389. The molecular weight excluding hydrogens is 499 g/mol. The summed E-state index contributed by atoms with van der Waals surface area (Å²) in [6, 6.07) is 3.08. The zero-order valence-electron chi connectivity index (χ0n) is 16.6. The number of imidazole rings is 1. The molecule has 0 saturated heterocycles. The highest BCUT2D eigenvalue weighted by atomic mass is 79.9. The van der Waals surface area contributed by atoms with E-state index in [9.17, 15) is 22.8 Å². The number of anilines is 1. The molecule has 1 amide bonds. The van der Waals surface area contributed by atoms with E-state index in [4.69, 9.17) is 0 Å². The molecule has 10 nitrogen and oxygen atoms in total. The van der Waals surface area contributed by atoms with Gasteiger partial charge in [-0.25, -0.2) is 14.7 Å². The lowest BCUT2D eigenvalue weighted by Gasteiger charge is -2.40. The molecule has 4 heterocycles. The Hall–Kier alpha value is -3.16. The van der Waals surface area contributed by atoms with Crippen LogP contribution in [-0.2, 0) is 9.63 Å². The summed E-state index contributed by atoms with van der Waals surface area (Å²) in [6.07, 6.45) is -1.25. The Morgan fingerprint density at radius 1 is 1.28 bits per heavy atom. The van der Waals surface area contributed by atoms with E-state index in [1.54, 1.807) is 4.90 Å². The molecule has 170 valence electrons. The van der Waals surface area contributed by atoms with E-state index in [-0.39, 0.29) is 22.1 Å². The molecule has 4 rings (SSSR count). The first kappa shape index (κ1) is 22.0. The number of hydrogen-bond acceptors (Lipinski definition) is 8. The number of aromatic amines is 1. The van der Waals surface area contributed by atoms with E-state index < -0.39 is 24.3 Å². The van der Waals surface area contributed by atoms with Gasteiger partial charge in [0.2, 0.25) is 6.29 Å². The van der Waals surface area contributed by atoms with Gasteiger partial charge in [-0.15, -0.1) is 5.10 Å². The van der Waals surface area contributed by atoms with Crippen LogP contribution in [0.2, 0.25) is 0 Å². The molecule has 1 atom stereocenters. The van der Waals surface area contributed by atoms with Gasteiger partial charge in [0.1, 0.15) is 5.69 Å². The molecule has 1 N–H and O–H groups in total. The summed E-state index contributed by atoms with van der Waals surface area (Å²) in [4.78, 5) is 43.3. The van der Waals surface area contributed by atoms with Crippen LogP contribution in [0.15, 0.2) is 34.4 Å². The Morgan fingerprint density at radius 3 is 2.66 bits per heavy atom. The first-order valence-corrected chi connectivity index (χ1v) is 10.4. The predicted molar refractivity (Wildman–Crippen MR) is 108 cm³/mol. The van der Waals surface area contributed by atoms with Crippen molar-refractivity contribution < 1.29 is 27.6 Å². The number of H-pyrrole nitrogens is 1. The smallest absolute Gasteiger partial charge is 0.327 e. The number of hydrogen-bond donors (Lipinski definition) is 1. The molecule has 14 heteroatoms. The van der Waals surface area contributed by atoms with Gasteiger partial charge in [-0.05, 0) is 34.5 Å². The number of halogens is 4. The van der Waals surface area contributed by atoms with Crippen molar-refractivity contribution in [3.05, 3.63) is 40.5 Å². The van der Waals surface area contributed by atoms with E-state index in [0.29, 0.717) is 23.7 Å². The van der Waals surface area contributed by atoms with Gasteiger partial charge in [-0.3, -0.25) is 9.78 Å². The fourth-order valence-corrected chi connectivity index (χ4v) is 3.81. The molecule has 2 aliphatic rings. The Morgan fingerprint density at radius 2 is 2.00 bits per heavy atom. The number of fused-ring (bicyclic) bond motifs is 2. The van der Waals surface area contributed by atoms with Crippen LogP contribution >= 0.6 is 15.9 Å². The molecule has 1 unspecified atom stereocenters. The van der Waals surface area contributed by atoms with Gasteiger partial charge >= 0.3 is 12.1 Å². The number of hydroxylamine groups is 1. The quantitative estimate of drug-likeness (QED) is 0.589. The maximum Gasteiger partial charge on any atom is 0.493 e. The van der Waals surface area contributed by atoms with Gasteiger partial charge in [-0.2, -0.15) is 13.2 Å². The molecule has 2 aromatic heterocycles. The monoisotopic (exact) mass is 515 g/mol. The van der Waals surface area contributed by atoms with Gasteiger partial charge in [0, 0.05) is 24.5 Å². The number of pyridine rings is 1. The summed E-state index contributed by atoms with van der Waals surface area (Å²) >= 11 is 3.20. The van der Waals surface area contributed by atoms with E-state index in [1.165, 1.54) is 24.5 Å². The van der Waals surface area contributed by atoms with Gasteiger partial charge in [-0.1, -0.05) is 24.9 Å². The fourth-order valence-electron chi connectivity index (χ4n) is 3.44. The first-order valence-electron chi connectivity index (χ1n) is 9.65. The summed E-state index contributed by atoms with van der Waals surface area (Å²) in [5.74, 6) is -2.81. The van der Waals surface area contributed by atoms with Crippen LogP contribution in [0.3, 0.4) is 0 Å². The second kappa shape index (κ2) is 8.41. The number of nitrogens with one attached hydrogen (secondary N) is 1. The van der Waals surface area contributed by atoms with Crippen LogP contribution in [-0.4, -0.2) is 61.7 Å². The van der Waals surface area contributed by atoms with E-state index >= 15 is 0 Å². The minimum Gasteiger partial charge on any atom is -0.327 e. The summed E-state index contributed by atoms with van der Waals surface area (Å²) < 4.78 is 39.1. The van der Waals surface area contributed by atoms with Crippen molar-refractivity contribution >= 4 is 39.5 Å². The number of amidine groups is 1. The average molecular weight is 516 g/mol. The molecule has 2 aromatic rings. The lowest BCUT2D eigenvalue weighted by atomic mass is 10.1. The molecular formula is C18H17BrF3N7O3. The maximum absolute atomic E-state index is 13.3. The van der Waals surface area contributed by atoms with Crippen LogP contribution in [0, 0.1) is 0 Å².